The second kappa shape index (κ2) is 5.95. The third-order valence-corrected chi connectivity index (χ3v) is 3.76. The van der Waals surface area contributed by atoms with E-state index in [2.05, 4.69) is 15.9 Å². The minimum absolute atomic E-state index is 0.0219. The number of rotatable bonds is 3. The standard InChI is InChI=1S/C15H15BrClNO/c1-9-3-6-15(14(17)7-9)19-11-4-5-12(10(2)18)13(16)8-11/h3-8,10H,18H2,1-2H3. The third-order valence-electron chi connectivity index (χ3n) is 2.78. The number of benzene rings is 2. The van der Waals surface area contributed by atoms with Crippen LogP contribution < -0.4 is 10.5 Å². The number of aryl methyl sites for hydroxylation is 1. The highest BCUT2D eigenvalue weighted by Gasteiger charge is 2.08. The molecule has 4 heteroatoms. The molecule has 100 valence electrons. The van der Waals surface area contributed by atoms with Gasteiger partial charge in [-0.3, -0.25) is 0 Å². The molecule has 0 heterocycles. The first kappa shape index (κ1) is 14.4. The van der Waals surface area contributed by atoms with Crippen LogP contribution in [0, 0.1) is 6.92 Å². The van der Waals surface area contributed by atoms with Gasteiger partial charge in [-0.15, -0.1) is 0 Å². The molecular weight excluding hydrogens is 326 g/mol. The van der Waals surface area contributed by atoms with E-state index in [0.29, 0.717) is 10.8 Å². The SMILES string of the molecule is Cc1ccc(Oc2ccc(C(C)N)c(Br)c2)c(Cl)c1. The molecule has 0 aliphatic carbocycles. The quantitative estimate of drug-likeness (QED) is 0.831. The monoisotopic (exact) mass is 339 g/mol. The zero-order valence-corrected chi connectivity index (χ0v) is 13.1. The van der Waals surface area contributed by atoms with Gasteiger partial charge in [0.1, 0.15) is 11.5 Å². The number of ether oxygens (including phenoxy) is 1. The molecule has 0 aliphatic heterocycles. The molecule has 0 spiro atoms. The predicted octanol–water partition coefficient (Wildman–Crippen LogP) is 5.22. The zero-order chi connectivity index (χ0) is 14.0. The van der Waals surface area contributed by atoms with Crippen LogP contribution in [-0.4, -0.2) is 0 Å². The summed E-state index contributed by atoms with van der Waals surface area (Å²) in [7, 11) is 0. The largest absolute Gasteiger partial charge is 0.456 e. The van der Waals surface area contributed by atoms with Crippen LogP contribution in [0.5, 0.6) is 11.5 Å². The Labute approximate surface area is 126 Å². The van der Waals surface area contributed by atoms with Crippen molar-refractivity contribution in [2.45, 2.75) is 19.9 Å². The van der Waals surface area contributed by atoms with Crippen LogP contribution in [0.3, 0.4) is 0 Å². The van der Waals surface area contributed by atoms with Crippen LogP contribution in [-0.2, 0) is 0 Å². The molecule has 2 aromatic carbocycles. The molecule has 0 bridgehead atoms. The Morgan fingerprint density at radius 3 is 2.53 bits per heavy atom. The van der Waals surface area contributed by atoms with E-state index < -0.39 is 0 Å². The maximum absolute atomic E-state index is 6.14. The van der Waals surface area contributed by atoms with Gasteiger partial charge in [-0.1, -0.05) is 39.7 Å². The predicted molar refractivity (Wildman–Crippen MR) is 83.0 cm³/mol. The van der Waals surface area contributed by atoms with Crippen molar-refractivity contribution in [3.8, 4) is 11.5 Å². The Bertz CT molecular complexity index is 599. The van der Waals surface area contributed by atoms with Gasteiger partial charge in [0.15, 0.2) is 0 Å². The van der Waals surface area contributed by atoms with Crippen molar-refractivity contribution in [2.24, 2.45) is 5.73 Å². The van der Waals surface area contributed by atoms with Gasteiger partial charge in [-0.2, -0.15) is 0 Å². The lowest BCUT2D eigenvalue weighted by Gasteiger charge is -2.12. The van der Waals surface area contributed by atoms with Gasteiger partial charge in [-0.25, -0.2) is 0 Å². The first-order valence-electron chi connectivity index (χ1n) is 5.96. The highest BCUT2D eigenvalue weighted by atomic mass is 79.9. The topological polar surface area (TPSA) is 35.2 Å². The molecule has 2 rings (SSSR count). The van der Waals surface area contributed by atoms with E-state index in [1.54, 1.807) is 0 Å². The van der Waals surface area contributed by atoms with Gasteiger partial charge in [-0.05, 0) is 49.2 Å². The fraction of sp³-hybridized carbons (Fsp3) is 0.200. The molecule has 1 atom stereocenters. The van der Waals surface area contributed by atoms with Crippen LogP contribution in [0.2, 0.25) is 5.02 Å². The average molecular weight is 341 g/mol. The Balaban J connectivity index is 2.26. The van der Waals surface area contributed by atoms with E-state index in [4.69, 9.17) is 22.1 Å². The van der Waals surface area contributed by atoms with E-state index in [0.717, 1.165) is 21.3 Å². The van der Waals surface area contributed by atoms with E-state index in [-0.39, 0.29) is 6.04 Å². The van der Waals surface area contributed by atoms with Crippen molar-refractivity contribution in [3.63, 3.8) is 0 Å². The summed E-state index contributed by atoms with van der Waals surface area (Å²) in [6.07, 6.45) is 0. The summed E-state index contributed by atoms with van der Waals surface area (Å²) in [5, 5.41) is 0.604. The van der Waals surface area contributed by atoms with Crippen molar-refractivity contribution < 1.29 is 4.74 Å². The molecule has 0 amide bonds. The molecule has 0 saturated carbocycles. The Hall–Kier alpha value is -1.03. The molecule has 0 aliphatic rings. The molecule has 0 fully saturated rings. The van der Waals surface area contributed by atoms with E-state index in [9.17, 15) is 0 Å². The highest BCUT2D eigenvalue weighted by molar-refractivity contribution is 9.10. The lowest BCUT2D eigenvalue weighted by molar-refractivity contribution is 0.482. The Morgan fingerprint density at radius 2 is 1.95 bits per heavy atom. The maximum Gasteiger partial charge on any atom is 0.146 e. The number of nitrogens with two attached hydrogens (primary N) is 1. The van der Waals surface area contributed by atoms with Gasteiger partial charge in [0, 0.05) is 10.5 Å². The zero-order valence-electron chi connectivity index (χ0n) is 10.8. The maximum atomic E-state index is 6.14. The van der Waals surface area contributed by atoms with Crippen LogP contribution in [0.1, 0.15) is 24.1 Å². The van der Waals surface area contributed by atoms with Gasteiger partial charge in [0.2, 0.25) is 0 Å². The van der Waals surface area contributed by atoms with Crippen molar-refractivity contribution in [1.29, 1.82) is 0 Å². The van der Waals surface area contributed by atoms with Crippen molar-refractivity contribution in [3.05, 3.63) is 57.0 Å². The summed E-state index contributed by atoms with van der Waals surface area (Å²) < 4.78 is 6.71. The molecule has 1 unspecified atom stereocenters. The van der Waals surface area contributed by atoms with Crippen LogP contribution in [0.4, 0.5) is 0 Å². The van der Waals surface area contributed by atoms with Crippen LogP contribution in [0.15, 0.2) is 40.9 Å². The van der Waals surface area contributed by atoms with Crippen LogP contribution in [0.25, 0.3) is 0 Å². The summed E-state index contributed by atoms with van der Waals surface area (Å²) >= 11 is 9.64. The summed E-state index contributed by atoms with van der Waals surface area (Å²) in [5.41, 5.74) is 8.01. The summed E-state index contributed by atoms with van der Waals surface area (Å²) in [4.78, 5) is 0. The molecule has 0 aromatic heterocycles. The fourth-order valence-electron chi connectivity index (χ4n) is 1.76. The first-order chi connectivity index (χ1) is 8.97. The third kappa shape index (κ3) is 3.50. The molecular formula is C15H15BrClNO. The summed E-state index contributed by atoms with van der Waals surface area (Å²) in [5.74, 6) is 1.37. The highest BCUT2D eigenvalue weighted by Crippen LogP contribution is 2.33. The van der Waals surface area contributed by atoms with Gasteiger partial charge in [0.25, 0.3) is 0 Å². The van der Waals surface area contributed by atoms with Crippen molar-refractivity contribution in [1.82, 2.24) is 0 Å². The fourth-order valence-corrected chi connectivity index (χ4v) is 2.75. The van der Waals surface area contributed by atoms with Gasteiger partial charge < -0.3 is 10.5 Å². The molecule has 2 aromatic rings. The molecule has 19 heavy (non-hydrogen) atoms. The normalized spacial score (nSPS) is 12.3. The van der Waals surface area contributed by atoms with Crippen molar-refractivity contribution >= 4 is 27.5 Å². The average Bonchev–Trinajstić information content (AvgIpc) is 2.32. The van der Waals surface area contributed by atoms with E-state index >= 15 is 0 Å². The minimum atomic E-state index is -0.0219. The summed E-state index contributed by atoms with van der Waals surface area (Å²) in [6, 6.07) is 11.4. The Morgan fingerprint density at radius 1 is 1.21 bits per heavy atom. The second-order valence-electron chi connectivity index (χ2n) is 4.51. The van der Waals surface area contributed by atoms with Crippen LogP contribution >= 0.6 is 27.5 Å². The Kier molecular flexibility index (Phi) is 4.50. The minimum Gasteiger partial charge on any atom is -0.456 e. The second-order valence-corrected chi connectivity index (χ2v) is 5.77. The first-order valence-corrected chi connectivity index (χ1v) is 7.13. The number of halogens is 2. The molecule has 2 N–H and O–H groups in total. The molecule has 0 radical (unpaired) electrons. The smallest absolute Gasteiger partial charge is 0.146 e. The summed E-state index contributed by atoms with van der Waals surface area (Å²) in [6.45, 7) is 3.93. The van der Waals surface area contributed by atoms with E-state index in [1.807, 2.05) is 50.2 Å². The van der Waals surface area contributed by atoms with Gasteiger partial charge in [0.05, 0.1) is 5.02 Å². The lowest BCUT2D eigenvalue weighted by atomic mass is 10.1. The number of hydrogen-bond donors (Lipinski definition) is 1. The van der Waals surface area contributed by atoms with E-state index in [1.165, 1.54) is 0 Å². The van der Waals surface area contributed by atoms with Crippen molar-refractivity contribution in [2.75, 3.05) is 0 Å². The van der Waals surface area contributed by atoms with Gasteiger partial charge >= 0.3 is 0 Å². The lowest BCUT2D eigenvalue weighted by Crippen LogP contribution is -2.05. The molecule has 0 saturated heterocycles. The molecule has 2 nitrogen and oxygen atoms in total. The number of hydrogen-bond acceptors (Lipinski definition) is 2.